The van der Waals surface area contributed by atoms with Gasteiger partial charge in [0.1, 0.15) is 0 Å². The SMILES string of the molecule is Cc1[nH]ncc1C(=O)N1CC[C@@](Cc2ccc(-c3ccsc3)cc2)(C(=O)NC(C)C)C1. The summed E-state index contributed by atoms with van der Waals surface area (Å²) in [4.78, 5) is 28.1. The number of rotatable bonds is 6. The second-order valence-corrected chi connectivity index (χ2v) is 9.46. The molecule has 1 aliphatic heterocycles. The van der Waals surface area contributed by atoms with E-state index in [1.54, 1.807) is 22.4 Å². The van der Waals surface area contributed by atoms with Crippen molar-refractivity contribution in [3.63, 3.8) is 0 Å². The fourth-order valence-corrected chi connectivity index (χ4v) is 4.91. The van der Waals surface area contributed by atoms with Crippen LogP contribution in [0, 0.1) is 12.3 Å². The van der Waals surface area contributed by atoms with Gasteiger partial charge in [-0.05, 0) is 67.1 Å². The van der Waals surface area contributed by atoms with E-state index < -0.39 is 5.41 Å². The summed E-state index contributed by atoms with van der Waals surface area (Å²) in [5.74, 6) is -0.0538. The first-order valence-electron chi connectivity index (χ1n) is 10.6. The van der Waals surface area contributed by atoms with Gasteiger partial charge in [-0.1, -0.05) is 24.3 Å². The topological polar surface area (TPSA) is 78.1 Å². The van der Waals surface area contributed by atoms with Crippen LogP contribution in [0.4, 0.5) is 0 Å². The van der Waals surface area contributed by atoms with E-state index in [4.69, 9.17) is 0 Å². The number of carbonyl (C=O) groups is 2. The Hall–Kier alpha value is -2.93. The Bertz CT molecular complexity index is 1060. The summed E-state index contributed by atoms with van der Waals surface area (Å²) in [5.41, 5.74) is 4.16. The van der Waals surface area contributed by atoms with Gasteiger partial charge in [0.2, 0.25) is 5.91 Å². The lowest BCUT2D eigenvalue weighted by atomic mass is 9.79. The Balaban J connectivity index is 1.57. The minimum Gasteiger partial charge on any atom is -0.353 e. The molecular weight excluding hydrogens is 408 g/mol. The van der Waals surface area contributed by atoms with Crippen LogP contribution >= 0.6 is 11.3 Å². The van der Waals surface area contributed by atoms with Gasteiger partial charge in [-0.3, -0.25) is 14.7 Å². The highest BCUT2D eigenvalue weighted by Crippen LogP contribution is 2.36. The van der Waals surface area contributed by atoms with Gasteiger partial charge in [0.05, 0.1) is 17.2 Å². The molecule has 4 rings (SSSR count). The molecule has 3 heterocycles. The second-order valence-electron chi connectivity index (χ2n) is 8.68. The maximum atomic E-state index is 13.3. The molecule has 3 aromatic rings. The molecule has 1 aliphatic rings. The van der Waals surface area contributed by atoms with Crippen LogP contribution in [-0.2, 0) is 11.2 Å². The molecular formula is C24H28N4O2S. The summed E-state index contributed by atoms with van der Waals surface area (Å²) in [6, 6.07) is 10.6. The number of hydrogen-bond acceptors (Lipinski definition) is 4. The molecule has 7 heteroatoms. The van der Waals surface area contributed by atoms with Crippen LogP contribution in [0.2, 0.25) is 0 Å². The standard InChI is InChI=1S/C24H28N4O2S/c1-16(2)26-23(30)24(9-10-28(15-24)22(29)21-13-25-27-17(21)3)12-18-4-6-19(7-5-18)20-8-11-31-14-20/h4-8,11,13-14,16H,9-10,12,15H2,1-3H3,(H,25,27)(H,26,30)/t24-/m0/s1. The van der Waals surface area contributed by atoms with Gasteiger partial charge < -0.3 is 10.2 Å². The zero-order valence-corrected chi connectivity index (χ0v) is 19.0. The van der Waals surface area contributed by atoms with E-state index in [9.17, 15) is 9.59 Å². The van der Waals surface area contributed by atoms with Crippen molar-refractivity contribution in [2.45, 2.75) is 39.7 Å². The van der Waals surface area contributed by atoms with Crippen molar-refractivity contribution >= 4 is 23.2 Å². The van der Waals surface area contributed by atoms with Crippen LogP contribution in [0.15, 0.2) is 47.3 Å². The van der Waals surface area contributed by atoms with Crippen molar-refractivity contribution in [2.24, 2.45) is 5.41 Å². The summed E-state index contributed by atoms with van der Waals surface area (Å²) in [6.45, 7) is 6.73. The highest BCUT2D eigenvalue weighted by molar-refractivity contribution is 7.08. The number of carbonyl (C=O) groups excluding carboxylic acids is 2. The number of likely N-dealkylation sites (tertiary alicyclic amines) is 1. The van der Waals surface area contributed by atoms with Crippen LogP contribution in [0.3, 0.4) is 0 Å². The predicted octanol–water partition coefficient (Wildman–Crippen LogP) is 4.05. The Morgan fingerprint density at radius 1 is 1.23 bits per heavy atom. The summed E-state index contributed by atoms with van der Waals surface area (Å²) < 4.78 is 0. The first-order chi connectivity index (χ1) is 14.9. The van der Waals surface area contributed by atoms with Crippen molar-refractivity contribution in [2.75, 3.05) is 13.1 Å². The number of aryl methyl sites for hydroxylation is 1. The number of thiophene rings is 1. The lowest BCUT2D eigenvalue weighted by Crippen LogP contribution is -2.47. The summed E-state index contributed by atoms with van der Waals surface area (Å²) in [7, 11) is 0. The van der Waals surface area contributed by atoms with E-state index in [1.807, 2.05) is 20.8 Å². The predicted molar refractivity (Wildman–Crippen MR) is 123 cm³/mol. The lowest BCUT2D eigenvalue weighted by Gasteiger charge is -2.29. The third kappa shape index (κ3) is 4.42. The molecule has 1 aromatic carbocycles. The highest BCUT2D eigenvalue weighted by atomic mass is 32.1. The van der Waals surface area contributed by atoms with Gasteiger partial charge >= 0.3 is 0 Å². The third-order valence-corrected chi connectivity index (χ3v) is 6.64. The van der Waals surface area contributed by atoms with Crippen molar-refractivity contribution in [1.82, 2.24) is 20.4 Å². The molecule has 0 saturated carbocycles. The number of nitrogens with one attached hydrogen (secondary N) is 2. The number of H-pyrrole nitrogens is 1. The fraction of sp³-hybridized carbons (Fsp3) is 0.375. The summed E-state index contributed by atoms with van der Waals surface area (Å²) in [5, 5.41) is 14.1. The van der Waals surface area contributed by atoms with E-state index in [0.717, 1.165) is 11.3 Å². The van der Waals surface area contributed by atoms with Gasteiger partial charge in [-0.15, -0.1) is 0 Å². The van der Waals surface area contributed by atoms with Crippen LogP contribution in [0.5, 0.6) is 0 Å². The molecule has 31 heavy (non-hydrogen) atoms. The summed E-state index contributed by atoms with van der Waals surface area (Å²) in [6.07, 6.45) is 2.80. The first kappa shape index (κ1) is 21.3. The van der Waals surface area contributed by atoms with Crippen molar-refractivity contribution in [3.05, 3.63) is 64.1 Å². The molecule has 0 spiro atoms. The Labute approximate surface area is 186 Å². The van der Waals surface area contributed by atoms with E-state index in [1.165, 1.54) is 11.1 Å². The number of hydrogen-bond donors (Lipinski definition) is 2. The van der Waals surface area contributed by atoms with Gasteiger partial charge in [0.25, 0.3) is 5.91 Å². The highest BCUT2D eigenvalue weighted by Gasteiger charge is 2.46. The quantitative estimate of drug-likeness (QED) is 0.612. The van der Waals surface area contributed by atoms with E-state index in [0.29, 0.717) is 31.5 Å². The number of aromatic amines is 1. The largest absolute Gasteiger partial charge is 0.353 e. The van der Waals surface area contributed by atoms with Crippen LogP contribution in [-0.4, -0.2) is 46.0 Å². The zero-order chi connectivity index (χ0) is 22.0. The molecule has 2 N–H and O–H groups in total. The molecule has 2 amide bonds. The molecule has 1 fully saturated rings. The Morgan fingerprint density at radius 3 is 2.61 bits per heavy atom. The smallest absolute Gasteiger partial charge is 0.257 e. The lowest BCUT2D eigenvalue weighted by molar-refractivity contribution is -0.130. The molecule has 1 atom stereocenters. The van der Waals surface area contributed by atoms with Crippen LogP contribution < -0.4 is 5.32 Å². The maximum Gasteiger partial charge on any atom is 0.257 e. The van der Waals surface area contributed by atoms with Gasteiger partial charge in [-0.25, -0.2) is 0 Å². The maximum absolute atomic E-state index is 13.3. The molecule has 162 valence electrons. The van der Waals surface area contributed by atoms with E-state index in [2.05, 4.69) is 56.6 Å². The molecule has 0 aliphatic carbocycles. The van der Waals surface area contributed by atoms with Gasteiger partial charge in [-0.2, -0.15) is 16.4 Å². The van der Waals surface area contributed by atoms with Gasteiger partial charge in [0, 0.05) is 24.8 Å². The van der Waals surface area contributed by atoms with Crippen molar-refractivity contribution in [3.8, 4) is 11.1 Å². The van der Waals surface area contributed by atoms with Crippen LogP contribution in [0.1, 0.15) is 41.9 Å². The number of nitrogens with zero attached hydrogens (tertiary/aromatic N) is 2. The number of amides is 2. The Morgan fingerprint density at radius 2 is 2.00 bits per heavy atom. The Kier molecular flexibility index (Phi) is 5.96. The second kappa shape index (κ2) is 8.67. The minimum atomic E-state index is -0.637. The molecule has 0 radical (unpaired) electrons. The van der Waals surface area contributed by atoms with Crippen molar-refractivity contribution in [1.29, 1.82) is 0 Å². The molecule has 0 bridgehead atoms. The van der Waals surface area contributed by atoms with E-state index >= 15 is 0 Å². The van der Waals surface area contributed by atoms with Gasteiger partial charge in [0.15, 0.2) is 0 Å². The molecule has 0 unspecified atom stereocenters. The average molecular weight is 437 g/mol. The number of benzene rings is 1. The van der Waals surface area contributed by atoms with E-state index in [-0.39, 0.29) is 17.9 Å². The number of aromatic nitrogens is 2. The fourth-order valence-electron chi connectivity index (χ4n) is 4.24. The van der Waals surface area contributed by atoms with Crippen LogP contribution in [0.25, 0.3) is 11.1 Å². The summed E-state index contributed by atoms with van der Waals surface area (Å²) >= 11 is 1.68. The average Bonchev–Trinajstić information content (AvgIpc) is 3.49. The monoisotopic (exact) mass is 436 g/mol. The first-order valence-corrected chi connectivity index (χ1v) is 11.5. The molecule has 2 aromatic heterocycles. The normalized spacial score (nSPS) is 18.5. The third-order valence-electron chi connectivity index (χ3n) is 5.95. The van der Waals surface area contributed by atoms with Crippen molar-refractivity contribution < 1.29 is 9.59 Å². The minimum absolute atomic E-state index is 0.0172. The molecule has 1 saturated heterocycles. The molecule has 6 nitrogen and oxygen atoms in total. The zero-order valence-electron chi connectivity index (χ0n) is 18.1.